The summed E-state index contributed by atoms with van der Waals surface area (Å²) in [5, 5.41) is 3.02. The molecule has 4 heteroatoms. The average molecular weight is 208 g/mol. The van der Waals surface area contributed by atoms with Crippen molar-refractivity contribution in [3.8, 4) is 0 Å². The highest BCUT2D eigenvalue weighted by Crippen LogP contribution is 2.10. The summed E-state index contributed by atoms with van der Waals surface area (Å²) in [6.07, 6.45) is 0.497. The van der Waals surface area contributed by atoms with E-state index in [-0.39, 0.29) is 5.97 Å². The van der Waals surface area contributed by atoms with Crippen molar-refractivity contribution in [2.75, 3.05) is 19.5 Å². The van der Waals surface area contributed by atoms with Crippen molar-refractivity contribution in [3.05, 3.63) is 29.8 Å². The smallest absolute Gasteiger partial charge is 0.322 e. The topological polar surface area (TPSA) is 64.3 Å². The fraction of sp³-hybridized carbons (Fsp3) is 0.364. The minimum atomic E-state index is -0.588. The van der Waals surface area contributed by atoms with Crippen molar-refractivity contribution in [3.63, 3.8) is 0 Å². The third kappa shape index (κ3) is 3.25. The minimum absolute atomic E-state index is 0.382. The van der Waals surface area contributed by atoms with E-state index >= 15 is 0 Å². The summed E-state index contributed by atoms with van der Waals surface area (Å²) in [4.78, 5) is 11.1. The number of methoxy groups -OCH3 is 1. The van der Waals surface area contributed by atoms with E-state index < -0.39 is 6.04 Å². The number of rotatable bonds is 4. The second kappa shape index (κ2) is 5.36. The van der Waals surface area contributed by atoms with Crippen LogP contribution in [0.15, 0.2) is 24.3 Å². The SMILES string of the molecule is CNc1ccc(CC(N)C(=O)OC)cc1. The van der Waals surface area contributed by atoms with E-state index in [1.54, 1.807) is 0 Å². The minimum Gasteiger partial charge on any atom is -0.468 e. The third-order valence-electron chi connectivity index (χ3n) is 2.20. The standard InChI is InChI=1S/C11H16N2O2/c1-13-9-5-3-8(4-6-9)7-10(12)11(14)15-2/h3-6,10,13H,7,12H2,1-2H3. The number of esters is 1. The zero-order valence-electron chi connectivity index (χ0n) is 8.99. The number of benzene rings is 1. The Hall–Kier alpha value is -1.55. The molecule has 0 aliphatic rings. The van der Waals surface area contributed by atoms with Crippen molar-refractivity contribution in [1.29, 1.82) is 0 Å². The first-order valence-electron chi connectivity index (χ1n) is 4.77. The lowest BCUT2D eigenvalue weighted by molar-refractivity contribution is -0.142. The van der Waals surface area contributed by atoms with Crippen LogP contribution < -0.4 is 11.1 Å². The summed E-state index contributed by atoms with van der Waals surface area (Å²) >= 11 is 0. The first-order chi connectivity index (χ1) is 7.17. The van der Waals surface area contributed by atoms with Gasteiger partial charge in [-0.05, 0) is 24.1 Å². The molecule has 0 amide bonds. The van der Waals surface area contributed by atoms with Gasteiger partial charge in [0.15, 0.2) is 0 Å². The van der Waals surface area contributed by atoms with Crippen molar-refractivity contribution in [2.24, 2.45) is 5.73 Å². The Balaban J connectivity index is 2.60. The van der Waals surface area contributed by atoms with Gasteiger partial charge in [0.1, 0.15) is 6.04 Å². The molecule has 0 heterocycles. The van der Waals surface area contributed by atoms with Crippen molar-refractivity contribution in [1.82, 2.24) is 0 Å². The number of hydrogen-bond acceptors (Lipinski definition) is 4. The van der Waals surface area contributed by atoms with Gasteiger partial charge in [-0.3, -0.25) is 4.79 Å². The Morgan fingerprint density at radius 2 is 2.07 bits per heavy atom. The normalized spacial score (nSPS) is 11.9. The lowest BCUT2D eigenvalue weighted by Gasteiger charge is -2.09. The summed E-state index contributed by atoms with van der Waals surface area (Å²) in [6, 6.07) is 7.18. The zero-order valence-corrected chi connectivity index (χ0v) is 8.99. The van der Waals surface area contributed by atoms with Gasteiger partial charge in [-0.25, -0.2) is 0 Å². The van der Waals surface area contributed by atoms with Gasteiger partial charge in [0.25, 0.3) is 0 Å². The maximum Gasteiger partial charge on any atom is 0.322 e. The van der Waals surface area contributed by atoms with Gasteiger partial charge < -0.3 is 15.8 Å². The second-order valence-electron chi connectivity index (χ2n) is 3.28. The number of carbonyl (C=O) groups excluding carboxylic acids is 1. The quantitative estimate of drug-likeness (QED) is 0.717. The van der Waals surface area contributed by atoms with Crippen LogP contribution >= 0.6 is 0 Å². The molecule has 0 aromatic heterocycles. The van der Waals surface area contributed by atoms with E-state index in [4.69, 9.17) is 5.73 Å². The number of ether oxygens (including phenoxy) is 1. The number of nitrogens with two attached hydrogens (primary N) is 1. The van der Waals surface area contributed by atoms with Gasteiger partial charge in [0, 0.05) is 12.7 Å². The van der Waals surface area contributed by atoms with E-state index in [1.807, 2.05) is 31.3 Å². The molecule has 0 radical (unpaired) electrons. The van der Waals surface area contributed by atoms with E-state index in [0.717, 1.165) is 11.3 Å². The number of hydrogen-bond donors (Lipinski definition) is 2. The summed E-state index contributed by atoms with van der Waals surface area (Å²) in [5.41, 5.74) is 7.69. The first-order valence-corrected chi connectivity index (χ1v) is 4.77. The van der Waals surface area contributed by atoms with Crippen molar-refractivity contribution >= 4 is 11.7 Å². The van der Waals surface area contributed by atoms with Crippen LogP contribution in [0.5, 0.6) is 0 Å². The Morgan fingerprint density at radius 3 is 2.53 bits per heavy atom. The average Bonchev–Trinajstić information content (AvgIpc) is 2.29. The second-order valence-corrected chi connectivity index (χ2v) is 3.28. The molecule has 0 aliphatic carbocycles. The van der Waals surface area contributed by atoms with Gasteiger partial charge in [-0.15, -0.1) is 0 Å². The van der Waals surface area contributed by atoms with Crippen LogP contribution in [0.25, 0.3) is 0 Å². The first kappa shape index (κ1) is 11.5. The maximum atomic E-state index is 11.1. The highest BCUT2D eigenvalue weighted by atomic mass is 16.5. The predicted octanol–water partition coefficient (Wildman–Crippen LogP) is 0.771. The molecule has 82 valence electrons. The molecular formula is C11H16N2O2. The van der Waals surface area contributed by atoms with E-state index in [1.165, 1.54) is 7.11 Å². The number of nitrogens with one attached hydrogen (secondary N) is 1. The Morgan fingerprint density at radius 1 is 1.47 bits per heavy atom. The molecule has 1 rings (SSSR count). The van der Waals surface area contributed by atoms with Gasteiger partial charge in [-0.1, -0.05) is 12.1 Å². The molecule has 1 atom stereocenters. The Labute approximate surface area is 89.4 Å². The van der Waals surface area contributed by atoms with Crippen molar-refractivity contribution < 1.29 is 9.53 Å². The Kier molecular flexibility index (Phi) is 4.12. The van der Waals surface area contributed by atoms with Crippen LogP contribution in [0.1, 0.15) is 5.56 Å². The van der Waals surface area contributed by atoms with E-state index in [2.05, 4.69) is 10.1 Å². The molecule has 0 spiro atoms. The molecule has 0 fully saturated rings. The molecule has 0 aliphatic heterocycles. The van der Waals surface area contributed by atoms with E-state index in [9.17, 15) is 4.79 Å². The lowest BCUT2D eigenvalue weighted by Crippen LogP contribution is -2.33. The van der Waals surface area contributed by atoms with Gasteiger partial charge in [0.2, 0.25) is 0 Å². The molecule has 0 bridgehead atoms. The highest BCUT2D eigenvalue weighted by molar-refractivity contribution is 5.75. The monoisotopic (exact) mass is 208 g/mol. The van der Waals surface area contributed by atoms with Gasteiger partial charge in [0.05, 0.1) is 7.11 Å². The molecule has 0 saturated carbocycles. The van der Waals surface area contributed by atoms with Gasteiger partial charge in [-0.2, -0.15) is 0 Å². The van der Waals surface area contributed by atoms with Crippen LogP contribution in [-0.4, -0.2) is 26.2 Å². The van der Waals surface area contributed by atoms with Crippen LogP contribution in [0.3, 0.4) is 0 Å². The summed E-state index contributed by atoms with van der Waals surface area (Å²) in [5.74, 6) is -0.382. The fourth-order valence-electron chi connectivity index (χ4n) is 1.30. The largest absolute Gasteiger partial charge is 0.468 e. The molecule has 4 nitrogen and oxygen atoms in total. The highest BCUT2D eigenvalue weighted by Gasteiger charge is 2.13. The van der Waals surface area contributed by atoms with E-state index in [0.29, 0.717) is 6.42 Å². The Bertz CT molecular complexity index is 322. The molecular weight excluding hydrogens is 192 g/mol. The van der Waals surface area contributed by atoms with Crippen molar-refractivity contribution in [2.45, 2.75) is 12.5 Å². The lowest BCUT2D eigenvalue weighted by atomic mass is 10.1. The van der Waals surface area contributed by atoms with Crippen LogP contribution in [0, 0.1) is 0 Å². The molecule has 1 aromatic rings. The predicted molar refractivity (Wildman–Crippen MR) is 59.7 cm³/mol. The maximum absolute atomic E-state index is 11.1. The summed E-state index contributed by atoms with van der Waals surface area (Å²) < 4.78 is 4.55. The van der Waals surface area contributed by atoms with Crippen LogP contribution in [0.4, 0.5) is 5.69 Å². The molecule has 1 unspecified atom stereocenters. The summed E-state index contributed by atoms with van der Waals surface area (Å²) in [6.45, 7) is 0. The number of anilines is 1. The third-order valence-corrected chi connectivity index (χ3v) is 2.20. The molecule has 1 aromatic carbocycles. The fourth-order valence-corrected chi connectivity index (χ4v) is 1.30. The van der Waals surface area contributed by atoms with Gasteiger partial charge >= 0.3 is 5.97 Å². The van der Waals surface area contributed by atoms with Crippen LogP contribution in [0.2, 0.25) is 0 Å². The molecule has 15 heavy (non-hydrogen) atoms. The van der Waals surface area contributed by atoms with Crippen LogP contribution in [-0.2, 0) is 16.0 Å². The zero-order chi connectivity index (χ0) is 11.3. The molecule has 0 saturated heterocycles. The number of carbonyl (C=O) groups is 1. The molecule has 3 N–H and O–H groups in total. The summed E-state index contributed by atoms with van der Waals surface area (Å²) in [7, 11) is 3.20.